The van der Waals surface area contributed by atoms with Crippen molar-refractivity contribution in [2.75, 3.05) is 6.54 Å². The maximum Gasteiger partial charge on any atom is 0.335 e. The van der Waals surface area contributed by atoms with E-state index in [0.717, 1.165) is 19.3 Å². The van der Waals surface area contributed by atoms with Gasteiger partial charge >= 0.3 is 5.97 Å². The van der Waals surface area contributed by atoms with E-state index >= 15 is 0 Å². The predicted octanol–water partition coefficient (Wildman–Crippen LogP) is 1.92. The van der Waals surface area contributed by atoms with Gasteiger partial charge in [0.2, 0.25) is 17.3 Å². The zero-order valence-corrected chi connectivity index (χ0v) is 13.6. The number of nitrogens with zero attached hydrogens (tertiary/aromatic N) is 1. The Morgan fingerprint density at radius 3 is 2.61 bits per heavy atom. The van der Waals surface area contributed by atoms with Crippen LogP contribution in [-0.4, -0.2) is 40.2 Å². The smallest absolute Gasteiger partial charge is 0.335 e. The monoisotopic (exact) mass is 315 g/mol. The van der Waals surface area contributed by atoms with Gasteiger partial charge in [0.15, 0.2) is 0 Å². The molecule has 3 heterocycles. The molecule has 0 radical (unpaired) electrons. The lowest BCUT2D eigenvalue weighted by Crippen LogP contribution is -2.64. The standard InChI is InChI=1S/C18H21NO4/c1-10-12(3)18(23-16(10)22)15(21)11(2)13-6-4-5-9-19-14(20)7-8-17(13,18)19/h13H,2,4-9H2,1,3H3/t13-,17-,18+/m0/s1. The number of hydrogen-bond donors (Lipinski definition) is 0. The molecular weight excluding hydrogens is 294 g/mol. The summed E-state index contributed by atoms with van der Waals surface area (Å²) in [4.78, 5) is 39.9. The summed E-state index contributed by atoms with van der Waals surface area (Å²) in [5.74, 6) is -0.696. The third kappa shape index (κ3) is 1.38. The van der Waals surface area contributed by atoms with Gasteiger partial charge in [-0.05, 0) is 44.3 Å². The highest BCUT2D eigenvalue weighted by Crippen LogP contribution is 2.62. The molecule has 0 bridgehead atoms. The van der Waals surface area contributed by atoms with Crippen molar-refractivity contribution in [3.8, 4) is 0 Å². The number of carbonyl (C=O) groups is 3. The summed E-state index contributed by atoms with van der Waals surface area (Å²) in [5.41, 5.74) is -0.422. The third-order valence-electron chi connectivity index (χ3n) is 6.49. The topological polar surface area (TPSA) is 63.7 Å². The van der Waals surface area contributed by atoms with Crippen LogP contribution in [-0.2, 0) is 19.1 Å². The zero-order valence-electron chi connectivity index (χ0n) is 13.6. The van der Waals surface area contributed by atoms with Gasteiger partial charge in [0.1, 0.15) is 5.54 Å². The van der Waals surface area contributed by atoms with Crippen molar-refractivity contribution in [3.63, 3.8) is 0 Å². The Hall–Kier alpha value is -1.91. The highest BCUT2D eigenvalue weighted by atomic mass is 16.6. The molecule has 1 saturated carbocycles. The minimum absolute atomic E-state index is 0.0622. The van der Waals surface area contributed by atoms with Gasteiger partial charge in [0.05, 0.1) is 0 Å². The van der Waals surface area contributed by atoms with E-state index in [-0.39, 0.29) is 17.6 Å². The predicted molar refractivity (Wildman–Crippen MR) is 82.4 cm³/mol. The molecule has 0 N–H and O–H groups in total. The second-order valence-electron chi connectivity index (χ2n) is 7.19. The number of rotatable bonds is 0. The number of Topliss-reactive ketones (excluding diaryl/α,β-unsaturated/α-hetero) is 1. The Labute approximate surface area is 135 Å². The van der Waals surface area contributed by atoms with Crippen LogP contribution in [0.15, 0.2) is 23.3 Å². The first-order valence-corrected chi connectivity index (χ1v) is 8.33. The van der Waals surface area contributed by atoms with E-state index < -0.39 is 17.1 Å². The lowest BCUT2D eigenvalue weighted by atomic mass is 9.70. The van der Waals surface area contributed by atoms with Crippen LogP contribution in [0, 0.1) is 5.92 Å². The van der Waals surface area contributed by atoms with Crippen LogP contribution >= 0.6 is 0 Å². The minimum atomic E-state index is -1.34. The SMILES string of the molecule is C=C1C(=O)[C@@]2(OC(=O)C(C)=C2C)[C@@]23CCC(=O)N2CCCC[C@@H]13. The number of hydrogen-bond acceptors (Lipinski definition) is 4. The molecule has 0 aromatic carbocycles. The zero-order chi connectivity index (χ0) is 16.6. The molecule has 2 saturated heterocycles. The molecule has 3 aliphatic heterocycles. The van der Waals surface area contributed by atoms with Gasteiger partial charge in [-0.1, -0.05) is 13.0 Å². The molecule has 1 amide bonds. The van der Waals surface area contributed by atoms with E-state index in [0.29, 0.717) is 36.1 Å². The molecule has 4 rings (SSSR count). The maximum absolute atomic E-state index is 13.2. The molecule has 5 heteroatoms. The summed E-state index contributed by atoms with van der Waals surface area (Å²) < 4.78 is 5.78. The van der Waals surface area contributed by atoms with Gasteiger partial charge in [-0.2, -0.15) is 0 Å². The molecule has 0 aromatic heterocycles. The van der Waals surface area contributed by atoms with Gasteiger partial charge in [-0.25, -0.2) is 4.79 Å². The minimum Gasteiger partial charge on any atom is -0.440 e. The number of ether oxygens (including phenoxy) is 1. The summed E-state index contributed by atoms with van der Waals surface area (Å²) in [7, 11) is 0. The molecule has 122 valence electrons. The fourth-order valence-electron chi connectivity index (χ4n) is 5.33. The largest absolute Gasteiger partial charge is 0.440 e. The van der Waals surface area contributed by atoms with Crippen LogP contribution in [0.5, 0.6) is 0 Å². The van der Waals surface area contributed by atoms with Gasteiger partial charge in [0, 0.05) is 24.5 Å². The first-order chi connectivity index (χ1) is 10.9. The maximum atomic E-state index is 13.2. The fourth-order valence-corrected chi connectivity index (χ4v) is 5.33. The average molecular weight is 315 g/mol. The molecule has 23 heavy (non-hydrogen) atoms. The number of esters is 1. The summed E-state index contributed by atoms with van der Waals surface area (Å²) in [6, 6.07) is 0. The lowest BCUT2D eigenvalue weighted by molar-refractivity contribution is -0.168. The van der Waals surface area contributed by atoms with E-state index in [2.05, 4.69) is 6.58 Å². The normalized spacial score (nSPS) is 39.9. The van der Waals surface area contributed by atoms with Crippen molar-refractivity contribution in [1.29, 1.82) is 0 Å². The summed E-state index contributed by atoms with van der Waals surface area (Å²) >= 11 is 0. The number of carbonyl (C=O) groups excluding carboxylic acids is 3. The molecule has 2 spiro atoms. The van der Waals surface area contributed by atoms with Crippen LogP contribution < -0.4 is 0 Å². The van der Waals surface area contributed by atoms with Crippen LogP contribution in [0.1, 0.15) is 46.0 Å². The van der Waals surface area contributed by atoms with Gasteiger partial charge in [-0.3, -0.25) is 9.59 Å². The number of amides is 1. The molecule has 0 aromatic rings. The van der Waals surface area contributed by atoms with E-state index in [1.807, 2.05) is 4.90 Å². The van der Waals surface area contributed by atoms with Crippen LogP contribution in [0.25, 0.3) is 0 Å². The molecule has 0 unspecified atom stereocenters. The Balaban J connectivity index is 2.02. The molecule has 3 fully saturated rings. The van der Waals surface area contributed by atoms with Crippen LogP contribution in [0.2, 0.25) is 0 Å². The quantitative estimate of drug-likeness (QED) is 0.506. The molecule has 3 atom stereocenters. The first kappa shape index (κ1) is 14.7. The summed E-state index contributed by atoms with van der Waals surface area (Å²) in [6.45, 7) is 8.17. The highest BCUT2D eigenvalue weighted by molar-refractivity contribution is 6.14. The fraction of sp³-hybridized carbons (Fsp3) is 0.611. The van der Waals surface area contributed by atoms with E-state index in [1.54, 1.807) is 13.8 Å². The Morgan fingerprint density at radius 1 is 1.22 bits per heavy atom. The average Bonchev–Trinajstić information content (AvgIpc) is 2.95. The van der Waals surface area contributed by atoms with Gasteiger partial charge in [-0.15, -0.1) is 0 Å². The first-order valence-electron chi connectivity index (χ1n) is 8.33. The molecule has 1 aliphatic carbocycles. The Morgan fingerprint density at radius 2 is 1.96 bits per heavy atom. The number of ketones is 1. The molecule has 4 aliphatic rings. The third-order valence-corrected chi connectivity index (χ3v) is 6.49. The Kier molecular flexibility index (Phi) is 2.77. The van der Waals surface area contributed by atoms with Gasteiger partial charge in [0.25, 0.3) is 0 Å². The highest BCUT2D eigenvalue weighted by Gasteiger charge is 2.76. The lowest BCUT2D eigenvalue weighted by Gasteiger charge is -2.47. The van der Waals surface area contributed by atoms with E-state index in [1.165, 1.54) is 0 Å². The van der Waals surface area contributed by atoms with Crippen molar-refractivity contribution in [3.05, 3.63) is 23.3 Å². The van der Waals surface area contributed by atoms with Gasteiger partial charge < -0.3 is 9.64 Å². The molecular formula is C18H21NO4. The van der Waals surface area contributed by atoms with E-state index in [4.69, 9.17) is 4.74 Å². The Bertz CT molecular complexity index is 706. The second-order valence-corrected chi connectivity index (χ2v) is 7.19. The van der Waals surface area contributed by atoms with Crippen molar-refractivity contribution in [1.82, 2.24) is 4.90 Å². The van der Waals surface area contributed by atoms with E-state index in [9.17, 15) is 14.4 Å². The molecule has 5 nitrogen and oxygen atoms in total. The summed E-state index contributed by atoms with van der Waals surface area (Å²) in [5, 5.41) is 0. The van der Waals surface area contributed by atoms with Crippen LogP contribution in [0.3, 0.4) is 0 Å². The second kappa shape index (κ2) is 4.34. The van der Waals surface area contributed by atoms with Crippen molar-refractivity contribution >= 4 is 17.7 Å². The van der Waals surface area contributed by atoms with Crippen LogP contribution in [0.4, 0.5) is 0 Å². The van der Waals surface area contributed by atoms with Crippen molar-refractivity contribution in [2.45, 2.75) is 57.1 Å². The summed E-state index contributed by atoms with van der Waals surface area (Å²) in [6.07, 6.45) is 3.65. The van der Waals surface area contributed by atoms with Crippen molar-refractivity contribution < 1.29 is 19.1 Å². The van der Waals surface area contributed by atoms with Crippen molar-refractivity contribution in [2.24, 2.45) is 5.92 Å².